The molecule has 0 unspecified atom stereocenters. The molecule has 0 aliphatic heterocycles. The predicted octanol–water partition coefficient (Wildman–Crippen LogP) is 3.67. The summed E-state index contributed by atoms with van der Waals surface area (Å²) in [5.41, 5.74) is 3.78. The van der Waals surface area contributed by atoms with Gasteiger partial charge in [-0.15, -0.1) is 0 Å². The van der Waals surface area contributed by atoms with Gasteiger partial charge >= 0.3 is 5.69 Å². The van der Waals surface area contributed by atoms with Crippen molar-refractivity contribution >= 4 is 28.1 Å². The SMILES string of the molecule is C/C(=N/NC(=O)COc1ccccc1[N+](=O)[O-])c1cccc2ccccc12. The molecule has 0 aliphatic carbocycles. The Balaban J connectivity index is 1.67. The Hall–Kier alpha value is -3.74. The number of hydrogen-bond donors (Lipinski definition) is 1. The normalized spacial score (nSPS) is 11.2. The van der Waals surface area contributed by atoms with Crippen molar-refractivity contribution in [2.75, 3.05) is 6.61 Å². The molecular weight excluding hydrogens is 346 g/mol. The van der Waals surface area contributed by atoms with Crippen molar-refractivity contribution in [3.63, 3.8) is 0 Å². The van der Waals surface area contributed by atoms with E-state index >= 15 is 0 Å². The standard InChI is InChI=1S/C20H17N3O4/c1-14(16-10-6-8-15-7-2-3-9-17(15)16)21-22-20(24)13-27-19-12-5-4-11-18(19)23(25)26/h2-12H,13H2,1H3,(H,22,24)/b21-14-. The van der Waals surface area contributed by atoms with Crippen LogP contribution in [-0.2, 0) is 4.79 Å². The molecule has 3 aromatic carbocycles. The molecule has 136 valence electrons. The van der Waals surface area contributed by atoms with Crippen LogP contribution in [0.4, 0.5) is 5.69 Å². The molecule has 0 aromatic heterocycles. The molecule has 7 nitrogen and oxygen atoms in total. The minimum absolute atomic E-state index is 0.0346. The van der Waals surface area contributed by atoms with Crippen LogP contribution in [-0.4, -0.2) is 23.1 Å². The summed E-state index contributed by atoms with van der Waals surface area (Å²) >= 11 is 0. The van der Waals surface area contributed by atoms with Crippen molar-refractivity contribution in [2.24, 2.45) is 5.10 Å². The highest BCUT2D eigenvalue weighted by Gasteiger charge is 2.14. The number of hydrazone groups is 1. The Morgan fingerprint density at radius 1 is 1.07 bits per heavy atom. The fourth-order valence-corrected chi connectivity index (χ4v) is 2.65. The number of benzene rings is 3. The second-order valence-electron chi connectivity index (χ2n) is 5.77. The lowest BCUT2D eigenvalue weighted by Crippen LogP contribution is -2.25. The summed E-state index contributed by atoms with van der Waals surface area (Å²) < 4.78 is 5.25. The Bertz CT molecular complexity index is 1030. The number of carbonyl (C=O) groups is 1. The van der Waals surface area contributed by atoms with Gasteiger partial charge in [0.15, 0.2) is 12.4 Å². The number of para-hydroxylation sites is 2. The van der Waals surface area contributed by atoms with Gasteiger partial charge in [0.2, 0.25) is 0 Å². The zero-order chi connectivity index (χ0) is 19.2. The topological polar surface area (TPSA) is 93.8 Å². The van der Waals surface area contributed by atoms with Crippen LogP contribution in [0.3, 0.4) is 0 Å². The maximum Gasteiger partial charge on any atom is 0.310 e. The molecule has 0 saturated heterocycles. The van der Waals surface area contributed by atoms with E-state index in [1.807, 2.05) is 42.5 Å². The highest BCUT2D eigenvalue weighted by atomic mass is 16.6. The maximum atomic E-state index is 12.0. The van der Waals surface area contributed by atoms with Crippen molar-refractivity contribution in [1.82, 2.24) is 5.43 Å². The van der Waals surface area contributed by atoms with Gasteiger partial charge in [-0.2, -0.15) is 5.10 Å². The van der Waals surface area contributed by atoms with E-state index in [1.54, 1.807) is 13.0 Å². The first-order valence-corrected chi connectivity index (χ1v) is 8.24. The fraction of sp³-hybridized carbons (Fsp3) is 0.100. The van der Waals surface area contributed by atoms with Gasteiger partial charge in [0, 0.05) is 11.6 Å². The van der Waals surface area contributed by atoms with E-state index in [0.29, 0.717) is 5.71 Å². The molecule has 7 heteroatoms. The van der Waals surface area contributed by atoms with Gasteiger partial charge in [-0.3, -0.25) is 14.9 Å². The molecule has 3 rings (SSSR count). The molecule has 0 spiro atoms. The number of nitrogens with one attached hydrogen (secondary N) is 1. The number of rotatable bonds is 6. The number of carbonyl (C=O) groups excluding carboxylic acids is 1. The van der Waals surface area contributed by atoms with E-state index in [-0.39, 0.29) is 18.0 Å². The predicted molar refractivity (Wildman–Crippen MR) is 103 cm³/mol. The van der Waals surface area contributed by atoms with Gasteiger partial charge in [0.25, 0.3) is 5.91 Å². The number of hydrogen-bond acceptors (Lipinski definition) is 5. The summed E-state index contributed by atoms with van der Waals surface area (Å²) in [5, 5.41) is 17.2. The highest BCUT2D eigenvalue weighted by molar-refractivity contribution is 6.09. The summed E-state index contributed by atoms with van der Waals surface area (Å²) in [6.45, 7) is 1.42. The number of nitro groups is 1. The van der Waals surface area contributed by atoms with E-state index in [2.05, 4.69) is 10.5 Å². The molecule has 0 bridgehead atoms. The van der Waals surface area contributed by atoms with Gasteiger partial charge in [0.1, 0.15) is 0 Å². The molecule has 0 aliphatic rings. The second kappa shape index (κ2) is 8.09. The Morgan fingerprint density at radius 2 is 1.78 bits per heavy atom. The molecule has 0 fully saturated rings. The lowest BCUT2D eigenvalue weighted by molar-refractivity contribution is -0.385. The Morgan fingerprint density at radius 3 is 2.59 bits per heavy atom. The molecule has 1 N–H and O–H groups in total. The van der Waals surface area contributed by atoms with Crippen LogP contribution >= 0.6 is 0 Å². The zero-order valence-electron chi connectivity index (χ0n) is 14.6. The lowest BCUT2D eigenvalue weighted by atomic mass is 10.0. The van der Waals surface area contributed by atoms with Crippen LogP contribution < -0.4 is 10.2 Å². The largest absolute Gasteiger partial charge is 0.477 e. The summed E-state index contributed by atoms with van der Waals surface area (Å²) in [4.78, 5) is 22.4. The number of nitro benzene ring substituents is 1. The van der Waals surface area contributed by atoms with Crippen molar-refractivity contribution in [1.29, 1.82) is 0 Å². The maximum absolute atomic E-state index is 12.0. The number of fused-ring (bicyclic) bond motifs is 1. The fourth-order valence-electron chi connectivity index (χ4n) is 2.65. The monoisotopic (exact) mass is 363 g/mol. The molecule has 27 heavy (non-hydrogen) atoms. The van der Waals surface area contributed by atoms with Gasteiger partial charge in [0.05, 0.1) is 10.6 Å². The zero-order valence-corrected chi connectivity index (χ0v) is 14.6. The quantitative estimate of drug-likeness (QED) is 0.411. The average Bonchev–Trinajstić information content (AvgIpc) is 2.70. The van der Waals surface area contributed by atoms with Gasteiger partial charge in [-0.1, -0.05) is 54.6 Å². The third-order valence-corrected chi connectivity index (χ3v) is 3.95. The van der Waals surface area contributed by atoms with E-state index in [1.165, 1.54) is 18.2 Å². The summed E-state index contributed by atoms with van der Waals surface area (Å²) in [5.74, 6) is -0.472. The molecule has 1 amide bonds. The second-order valence-corrected chi connectivity index (χ2v) is 5.77. The first-order valence-electron chi connectivity index (χ1n) is 8.24. The smallest absolute Gasteiger partial charge is 0.310 e. The van der Waals surface area contributed by atoms with Crippen molar-refractivity contribution < 1.29 is 14.5 Å². The summed E-state index contributed by atoms with van der Waals surface area (Å²) in [6.07, 6.45) is 0. The highest BCUT2D eigenvalue weighted by Crippen LogP contribution is 2.25. The third kappa shape index (κ3) is 4.27. The molecular formula is C20H17N3O4. The van der Waals surface area contributed by atoms with E-state index in [0.717, 1.165) is 16.3 Å². The number of ether oxygens (including phenoxy) is 1. The van der Waals surface area contributed by atoms with Crippen LogP contribution in [0.1, 0.15) is 12.5 Å². The van der Waals surface area contributed by atoms with E-state index in [4.69, 9.17) is 4.74 Å². The molecule has 0 heterocycles. The van der Waals surface area contributed by atoms with E-state index in [9.17, 15) is 14.9 Å². The van der Waals surface area contributed by atoms with Gasteiger partial charge in [-0.05, 0) is 23.8 Å². The summed E-state index contributed by atoms with van der Waals surface area (Å²) in [6, 6.07) is 19.6. The van der Waals surface area contributed by atoms with Gasteiger partial charge in [-0.25, -0.2) is 5.43 Å². The average molecular weight is 363 g/mol. The van der Waals surface area contributed by atoms with Crippen molar-refractivity contribution in [2.45, 2.75) is 6.92 Å². The van der Waals surface area contributed by atoms with Crippen molar-refractivity contribution in [3.8, 4) is 5.75 Å². The minimum Gasteiger partial charge on any atom is -0.477 e. The lowest BCUT2D eigenvalue weighted by Gasteiger charge is -2.08. The van der Waals surface area contributed by atoms with Crippen LogP contribution in [0.5, 0.6) is 5.75 Å². The molecule has 0 radical (unpaired) electrons. The third-order valence-electron chi connectivity index (χ3n) is 3.95. The first kappa shape index (κ1) is 18.1. The van der Waals surface area contributed by atoms with Crippen molar-refractivity contribution in [3.05, 3.63) is 82.4 Å². The van der Waals surface area contributed by atoms with Crippen LogP contribution in [0, 0.1) is 10.1 Å². The number of amides is 1. The van der Waals surface area contributed by atoms with Crippen LogP contribution in [0.2, 0.25) is 0 Å². The van der Waals surface area contributed by atoms with Crippen LogP contribution in [0.25, 0.3) is 10.8 Å². The molecule has 0 atom stereocenters. The Kier molecular flexibility index (Phi) is 5.41. The van der Waals surface area contributed by atoms with Crippen LogP contribution in [0.15, 0.2) is 71.8 Å². The van der Waals surface area contributed by atoms with Gasteiger partial charge < -0.3 is 4.74 Å². The molecule has 3 aromatic rings. The first-order chi connectivity index (χ1) is 13.1. The minimum atomic E-state index is -0.559. The number of nitrogens with zero attached hydrogens (tertiary/aromatic N) is 2. The van der Waals surface area contributed by atoms with E-state index < -0.39 is 10.8 Å². The summed E-state index contributed by atoms with van der Waals surface area (Å²) in [7, 11) is 0. The molecule has 0 saturated carbocycles. The Labute approximate surface area is 155 Å².